The summed E-state index contributed by atoms with van der Waals surface area (Å²) in [5.74, 6) is 7.31. The van der Waals surface area contributed by atoms with Gasteiger partial charge in [-0.2, -0.15) is 0 Å². The fourth-order valence-corrected chi connectivity index (χ4v) is 2.58. The third kappa shape index (κ3) is 2.68. The van der Waals surface area contributed by atoms with Crippen LogP contribution in [0.5, 0.6) is 5.75 Å². The summed E-state index contributed by atoms with van der Waals surface area (Å²) < 4.78 is 5.82. The predicted octanol–water partition coefficient (Wildman–Crippen LogP) is 3.03. The molecule has 1 aliphatic carbocycles. The number of rotatable bonds is 6. The second kappa shape index (κ2) is 5.29. The summed E-state index contributed by atoms with van der Waals surface area (Å²) in [5.41, 5.74) is 4.54. The van der Waals surface area contributed by atoms with Gasteiger partial charge in [0.15, 0.2) is 0 Å². The van der Waals surface area contributed by atoms with Crippen molar-refractivity contribution < 1.29 is 4.74 Å². The Balaban J connectivity index is 2.20. The third-order valence-electron chi connectivity index (χ3n) is 3.89. The maximum absolute atomic E-state index is 5.82. The van der Waals surface area contributed by atoms with Crippen molar-refractivity contribution in [2.45, 2.75) is 39.7 Å². The van der Waals surface area contributed by atoms with Crippen LogP contribution < -0.4 is 16.0 Å². The van der Waals surface area contributed by atoms with Gasteiger partial charge < -0.3 is 4.74 Å². The average Bonchev–Trinajstić information content (AvgIpc) is 2.98. The third-order valence-corrected chi connectivity index (χ3v) is 3.89. The summed E-state index contributed by atoms with van der Waals surface area (Å²) in [7, 11) is 0. The van der Waals surface area contributed by atoms with E-state index < -0.39 is 0 Å². The summed E-state index contributed by atoms with van der Waals surface area (Å²) in [6.07, 6.45) is 2.23. The van der Waals surface area contributed by atoms with E-state index in [0.717, 1.165) is 18.8 Å². The Kier molecular flexibility index (Phi) is 3.93. The van der Waals surface area contributed by atoms with Crippen molar-refractivity contribution >= 4 is 0 Å². The molecular formula is C15H24N2O. The summed E-state index contributed by atoms with van der Waals surface area (Å²) in [6, 6.07) is 8.40. The zero-order valence-electron chi connectivity index (χ0n) is 11.6. The first-order chi connectivity index (χ1) is 8.60. The summed E-state index contributed by atoms with van der Waals surface area (Å²) in [4.78, 5) is 0. The van der Waals surface area contributed by atoms with Gasteiger partial charge in [-0.25, -0.2) is 0 Å². The van der Waals surface area contributed by atoms with Gasteiger partial charge in [0.05, 0.1) is 12.6 Å². The van der Waals surface area contributed by atoms with Crippen molar-refractivity contribution in [3.05, 3.63) is 29.8 Å². The van der Waals surface area contributed by atoms with Crippen LogP contribution in [0.1, 0.15) is 45.2 Å². The van der Waals surface area contributed by atoms with Gasteiger partial charge >= 0.3 is 0 Å². The Morgan fingerprint density at radius 2 is 2.11 bits per heavy atom. The van der Waals surface area contributed by atoms with Crippen LogP contribution in [0.2, 0.25) is 0 Å². The van der Waals surface area contributed by atoms with Crippen LogP contribution in [-0.2, 0) is 0 Å². The molecule has 1 fully saturated rings. The number of benzene rings is 1. The molecule has 3 heteroatoms. The van der Waals surface area contributed by atoms with Crippen LogP contribution in [-0.4, -0.2) is 6.61 Å². The molecule has 18 heavy (non-hydrogen) atoms. The number of nitrogens with two attached hydrogens (primary N) is 1. The number of ether oxygens (including phenoxy) is 1. The fraction of sp³-hybridized carbons (Fsp3) is 0.600. The largest absolute Gasteiger partial charge is 0.493 e. The van der Waals surface area contributed by atoms with Gasteiger partial charge in [0.1, 0.15) is 5.75 Å². The zero-order chi connectivity index (χ0) is 13.2. The lowest BCUT2D eigenvalue weighted by Gasteiger charge is -2.21. The minimum Gasteiger partial charge on any atom is -0.493 e. The molecule has 0 saturated heterocycles. The van der Waals surface area contributed by atoms with Crippen LogP contribution in [0.3, 0.4) is 0 Å². The van der Waals surface area contributed by atoms with E-state index in [2.05, 4.69) is 32.3 Å². The molecule has 0 heterocycles. The maximum Gasteiger partial charge on any atom is 0.124 e. The zero-order valence-corrected chi connectivity index (χ0v) is 11.6. The molecule has 0 spiro atoms. The van der Waals surface area contributed by atoms with Crippen LogP contribution in [0.4, 0.5) is 0 Å². The smallest absolute Gasteiger partial charge is 0.124 e. The molecule has 2 unspecified atom stereocenters. The molecule has 2 rings (SSSR count). The predicted molar refractivity (Wildman–Crippen MR) is 74.2 cm³/mol. The van der Waals surface area contributed by atoms with Gasteiger partial charge in [0, 0.05) is 5.56 Å². The van der Waals surface area contributed by atoms with Gasteiger partial charge in [0.2, 0.25) is 0 Å². The highest BCUT2D eigenvalue weighted by molar-refractivity contribution is 5.37. The summed E-state index contributed by atoms with van der Waals surface area (Å²) in [5, 5.41) is 0. The molecule has 0 radical (unpaired) electrons. The first-order valence-corrected chi connectivity index (χ1v) is 6.78. The molecule has 0 bridgehead atoms. The number of hydrazine groups is 1. The second-order valence-electron chi connectivity index (χ2n) is 5.83. The van der Waals surface area contributed by atoms with Crippen LogP contribution in [0, 0.1) is 11.3 Å². The van der Waals surface area contributed by atoms with Crippen molar-refractivity contribution in [2.24, 2.45) is 17.2 Å². The second-order valence-corrected chi connectivity index (χ2v) is 5.83. The Morgan fingerprint density at radius 3 is 2.67 bits per heavy atom. The highest BCUT2D eigenvalue weighted by Gasteiger charge is 2.50. The Bertz CT molecular complexity index is 403. The lowest BCUT2D eigenvalue weighted by atomic mass is 9.97. The summed E-state index contributed by atoms with van der Waals surface area (Å²) >= 11 is 0. The van der Waals surface area contributed by atoms with Crippen molar-refractivity contribution in [1.82, 2.24) is 5.43 Å². The van der Waals surface area contributed by atoms with Crippen molar-refractivity contribution in [3.8, 4) is 5.75 Å². The number of hydrogen-bond acceptors (Lipinski definition) is 3. The van der Waals surface area contributed by atoms with Crippen molar-refractivity contribution in [2.75, 3.05) is 6.61 Å². The van der Waals surface area contributed by atoms with Crippen LogP contribution >= 0.6 is 0 Å². The molecule has 3 N–H and O–H groups in total. The molecule has 1 saturated carbocycles. The lowest BCUT2D eigenvalue weighted by molar-refractivity contribution is 0.305. The highest BCUT2D eigenvalue weighted by Crippen LogP contribution is 2.58. The lowest BCUT2D eigenvalue weighted by Crippen LogP contribution is -2.31. The molecule has 3 nitrogen and oxygen atoms in total. The van der Waals surface area contributed by atoms with E-state index in [1.54, 1.807) is 0 Å². The van der Waals surface area contributed by atoms with E-state index in [-0.39, 0.29) is 6.04 Å². The maximum atomic E-state index is 5.82. The van der Waals surface area contributed by atoms with E-state index in [0.29, 0.717) is 11.3 Å². The Morgan fingerprint density at radius 1 is 1.44 bits per heavy atom. The van der Waals surface area contributed by atoms with Gasteiger partial charge in [-0.1, -0.05) is 39.0 Å². The molecule has 1 aromatic carbocycles. The minimum atomic E-state index is 0.188. The Labute approximate surface area is 110 Å². The normalized spacial score (nSPS) is 22.6. The molecular weight excluding hydrogens is 224 g/mol. The molecule has 100 valence electrons. The number of para-hydroxylation sites is 1. The van der Waals surface area contributed by atoms with Crippen molar-refractivity contribution in [1.29, 1.82) is 0 Å². The molecule has 1 aliphatic rings. The van der Waals surface area contributed by atoms with E-state index in [1.807, 2.05) is 18.2 Å². The van der Waals surface area contributed by atoms with Gasteiger partial charge in [0.25, 0.3) is 0 Å². The van der Waals surface area contributed by atoms with E-state index >= 15 is 0 Å². The van der Waals surface area contributed by atoms with E-state index in [9.17, 15) is 0 Å². The first-order valence-electron chi connectivity index (χ1n) is 6.78. The monoisotopic (exact) mass is 248 g/mol. The topological polar surface area (TPSA) is 47.3 Å². The van der Waals surface area contributed by atoms with Crippen LogP contribution in [0.25, 0.3) is 0 Å². The van der Waals surface area contributed by atoms with Gasteiger partial charge in [-0.3, -0.25) is 11.3 Å². The average molecular weight is 248 g/mol. The van der Waals surface area contributed by atoms with Crippen molar-refractivity contribution in [3.63, 3.8) is 0 Å². The van der Waals surface area contributed by atoms with Gasteiger partial charge in [-0.05, 0) is 30.2 Å². The first kappa shape index (κ1) is 13.4. The Hall–Kier alpha value is -1.06. The minimum absolute atomic E-state index is 0.188. The van der Waals surface area contributed by atoms with E-state index in [1.165, 1.54) is 12.0 Å². The number of nitrogens with one attached hydrogen (secondary N) is 1. The van der Waals surface area contributed by atoms with Crippen LogP contribution in [0.15, 0.2) is 24.3 Å². The van der Waals surface area contributed by atoms with E-state index in [4.69, 9.17) is 10.6 Å². The molecule has 0 aromatic heterocycles. The molecule has 0 amide bonds. The fourth-order valence-electron chi connectivity index (χ4n) is 2.58. The van der Waals surface area contributed by atoms with Gasteiger partial charge in [-0.15, -0.1) is 0 Å². The highest BCUT2D eigenvalue weighted by atomic mass is 16.5. The SMILES string of the molecule is CCCOc1ccccc1C(NN)C1CC1(C)C. The standard InChI is InChI=1S/C15H24N2O/c1-4-9-18-13-8-6-5-7-11(13)14(17-16)12-10-15(12,2)3/h5-8,12,14,17H,4,9-10,16H2,1-3H3. The quantitative estimate of drug-likeness (QED) is 0.601. The molecule has 1 aromatic rings. The number of hydrogen-bond donors (Lipinski definition) is 2. The molecule has 0 aliphatic heterocycles. The summed E-state index contributed by atoms with van der Waals surface area (Å²) in [6.45, 7) is 7.45. The molecule has 2 atom stereocenters.